The van der Waals surface area contributed by atoms with Crippen LogP contribution in [0.2, 0.25) is 0 Å². The Kier molecular flexibility index (Phi) is 6.40. The fraction of sp³-hybridized carbons (Fsp3) is 0.688. The third kappa shape index (κ3) is 6.33. The van der Waals surface area contributed by atoms with E-state index in [1.807, 2.05) is 0 Å². The lowest BCUT2D eigenvalue weighted by atomic mass is 10.1. The Labute approximate surface area is 122 Å². The second kappa shape index (κ2) is 7.58. The van der Waals surface area contributed by atoms with Crippen molar-refractivity contribution in [1.29, 1.82) is 0 Å². The first-order valence-electron chi connectivity index (χ1n) is 7.42. The summed E-state index contributed by atoms with van der Waals surface area (Å²) in [6.07, 6.45) is 3.83. The van der Waals surface area contributed by atoms with Crippen molar-refractivity contribution in [2.75, 3.05) is 11.9 Å². The second-order valence-corrected chi connectivity index (χ2v) is 6.70. The van der Waals surface area contributed by atoms with Crippen LogP contribution in [0.4, 0.5) is 10.2 Å². The van der Waals surface area contributed by atoms with Crippen LogP contribution in [-0.2, 0) is 6.54 Å². The molecule has 2 N–H and O–H groups in total. The maximum atomic E-state index is 14.3. The van der Waals surface area contributed by atoms with E-state index in [9.17, 15) is 4.39 Å². The van der Waals surface area contributed by atoms with Gasteiger partial charge in [-0.15, -0.1) is 0 Å². The lowest BCUT2D eigenvalue weighted by Gasteiger charge is -2.21. The van der Waals surface area contributed by atoms with Crippen molar-refractivity contribution >= 4 is 5.82 Å². The van der Waals surface area contributed by atoms with E-state index in [2.05, 4.69) is 50.2 Å². The molecule has 1 heterocycles. The van der Waals surface area contributed by atoms with Gasteiger partial charge in [0.1, 0.15) is 0 Å². The van der Waals surface area contributed by atoms with Gasteiger partial charge in [0, 0.05) is 30.4 Å². The van der Waals surface area contributed by atoms with Crippen LogP contribution >= 0.6 is 0 Å². The Hall–Kier alpha value is -1.16. The molecule has 0 saturated heterocycles. The quantitative estimate of drug-likeness (QED) is 0.743. The highest BCUT2D eigenvalue weighted by molar-refractivity contribution is 5.39. The van der Waals surface area contributed by atoms with E-state index >= 15 is 0 Å². The molecule has 0 bridgehead atoms. The maximum Gasteiger partial charge on any atom is 0.169 e. The number of hydrogen-bond donors (Lipinski definition) is 2. The van der Waals surface area contributed by atoms with Crippen LogP contribution in [0.3, 0.4) is 0 Å². The van der Waals surface area contributed by atoms with E-state index in [1.54, 1.807) is 12.3 Å². The highest BCUT2D eigenvalue weighted by Gasteiger charge is 2.13. The van der Waals surface area contributed by atoms with E-state index in [-0.39, 0.29) is 11.4 Å². The lowest BCUT2D eigenvalue weighted by molar-refractivity contribution is 0.418. The van der Waals surface area contributed by atoms with Crippen LogP contribution in [-0.4, -0.2) is 17.1 Å². The van der Waals surface area contributed by atoms with Gasteiger partial charge in [0.05, 0.1) is 0 Å². The molecule has 0 aliphatic rings. The Morgan fingerprint density at radius 3 is 2.60 bits per heavy atom. The average Bonchev–Trinajstić information content (AvgIpc) is 2.33. The molecule has 0 fully saturated rings. The standard InChI is InChI=1S/C16H28FN3/c1-12(2)7-6-9-18-15-14(17)13(8-10-19-15)11-20-16(3,4)5/h8,10,12,20H,6-7,9,11H2,1-5H3,(H,18,19). The fourth-order valence-electron chi connectivity index (χ4n) is 1.82. The van der Waals surface area contributed by atoms with Gasteiger partial charge in [-0.3, -0.25) is 0 Å². The topological polar surface area (TPSA) is 37.0 Å². The summed E-state index contributed by atoms with van der Waals surface area (Å²) in [6.45, 7) is 11.9. The van der Waals surface area contributed by atoms with Crippen molar-refractivity contribution in [3.8, 4) is 0 Å². The van der Waals surface area contributed by atoms with Crippen LogP contribution in [0.5, 0.6) is 0 Å². The van der Waals surface area contributed by atoms with Crippen LogP contribution in [0.25, 0.3) is 0 Å². The number of anilines is 1. The molecule has 1 aromatic rings. The van der Waals surface area contributed by atoms with Crippen molar-refractivity contribution in [2.24, 2.45) is 5.92 Å². The van der Waals surface area contributed by atoms with E-state index in [4.69, 9.17) is 0 Å². The van der Waals surface area contributed by atoms with Crippen LogP contribution < -0.4 is 10.6 Å². The SMILES string of the molecule is CC(C)CCCNc1nccc(CNC(C)(C)C)c1F. The highest BCUT2D eigenvalue weighted by atomic mass is 19.1. The third-order valence-electron chi connectivity index (χ3n) is 3.03. The molecule has 0 aliphatic heterocycles. The summed E-state index contributed by atoms with van der Waals surface area (Å²) in [5, 5.41) is 6.38. The molecule has 0 amide bonds. The Morgan fingerprint density at radius 2 is 2.00 bits per heavy atom. The first-order valence-corrected chi connectivity index (χ1v) is 7.42. The minimum atomic E-state index is -0.242. The minimum absolute atomic E-state index is 0.0272. The molecule has 3 nitrogen and oxygen atoms in total. The van der Waals surface area contributed by atoms with Crippen molar-refractivity contribution in [1.82, 2.24) is 10.3 Å². The van der Waals surface area contributed by atoms with Gasteiger partial charge in [0.25, 0.3) is 0 Å². The summed E-state index contributed by atoms with van der Waals surface area (Å²) in [5.74, 6) is 0.799. The summed E-state index contributed by atoms with van der Waals surface area (Å²) in [6, 6.07) is 1.73. The monoisotopic (exact) mass is 281 g/mol. The molecule has 0 radical (unpaired) electrons. The number of nitrogens with zero attached hydrogens (tertiary/aromatic N) is 1. The van der Waals surface area contributed by atoms with Gasteiger partial charge in [-0.1, -0.05) is 13.8 Å². The summed E-state index contributed by atoms with van der Waals surface area (Å²) < 4.78 is 14.3. The van der Waals surface area contributed by atoms with Crippen LogP contribution in [0.1, 0.15) is 53.0 Å². The number of halogens is 1. The summed E-state index contributed by atoms with van der Waals surface area (Å²) in [5.41, 5.74) is 0.627. The molecular formula is C16H28FN3. The molecule has 1 aromatic heterocycles. The summed E-state index contributed by atoms with van der Waals surface area (Å²) in [7, 11) is 0. The maximum absolute atomic E-state index is 14.3. The second-order valence-electron chi connectivity index (χ2n) is 6.70. The molecule has 1 rings (SSSR count). The number of rotatable bonds is 7. The van der Waals surface area contributed by atoms with Crippen LogP contribution in [0, 0.1) is 11.7 Å². The minimum Gasteiger partial charge on any atom is -0.368 e. The van der Waals surface area contributed by atoms with Crippen LogP contribution in [0.15, 0.2) is 12.3 Å². The molecule has 0 aliphatic carbocycles. The molecule has 0 unspecified atom stereocenters. The van der Waals surface area contributed by atoms with Gasteiger partial charge in [-0.2, -0.15) is 0 Å². The van der Waals surface area contributed by atoms with Gasteiger partial charge >= 0.3 is 0 Å². The fourth-order valence-corrected chi connectivity index (χ4v) is 1.82. The molecule has 0 aromatic carbocycles. The van der Waals surface area contributed by atoms with Gasteiger partial charge < -0.3 is 10.6 Å². The molecule has 0 atom stereocenters. The first kappa shape index (κ1) is 16.9. The number of nitrogens with one attached hydrogen (secondary N) is 2. The number of pyridine rings is 1. The smallest absolute Gasteiger partial charge is 0.169 e. The third-order valence-corrected chi connectivity index (χ3v) is 3.03. The van der Waals surface area contributed by atoms with E-state index in [0.29, 0.717) is 23.8 Å². The zero-order valence-corrected chi connectivity index (χ0v) is 13.4. The average molecular weight is 281 g/mol. The van der Waals surface area contributed by atoms with Crippen molar-refractivity contribution in [3.05, 3.63) is 23.6 Å². The number of aromatic nitrogens is 1. The Morgan fingerprint density at radius 1 is 1.30 bits per heavy atom. The Bertz CT molecular complexity index is 411. The molecule has 20 heavy (non-hydrogen) atoms. The van der Waals surface area contributed by atoms with E-state index < -0.39 is 0 Å². The van der Waals surface area contributed by atoms with Gasteiger partial charge in [-0.25, -0.2) is 9.37 Å². The molecule has 0 saturated carbocycles. The number of hydrogen-bond acceptors (Lipinski definition) is 3. The molecule has 0 spiro atoms. The lowest BCUT2D eigenvalue weighted by Crippen LogP contribution is -2.35. The zero-order chi connectivity index (χ0) is 15.2. The van der Waals surface area contributed by atoms with Crippen molar-refractivity contribution in [2.45, 2.75) is 59.5 Å². The predicted octanol–water partition coefficient (Wildman–Crippen LogP) is 3.96. The predicted molar refractivity (Wildman–Crippen MR) is 83.3 cm³/mol. The largest absolute Gasteiger partial charge is 0.368 e. The molecule has 114 valence electrons. The van der Waals surface area contributed by atoms with E-state index in [1.165, 1.54) is 0 Å². The van der Waals surface area contributed by atoms with Gasteiger partial charge in [0.2, 0.25) is 0 Å². The Balaban J connectivity index is 2.56. The first-order chi connectivity index (χ1) is 9.29. The van der Waals surface area contributed by atoms with Crippen molar-refractivity contribution in [3.63, 3.8) is 0 Å². The van der Waals surface area contributed by atoms with Gasteiger partial charge in [-0.05, 0) is 45.6 Å². The zero-order valence-electron chi connectivity index (χ0n) is 13.4. The molecular weight excluding hydrogens is 253 g/mol. The van der Waals surface area contributed by atoms with Crippen molar-refractivity contribution < 1.29 is 4.39 Å². The highest BCUT2D eigenvalue weighted by Crippen LogP contribution is 2.16. The summed E-state index contributed by atoms with van der Waals surface area (Å²) in [4.78, 5) is 4.09. The normalized spacial score (nSPS) is 11.9. The molecule has 4 heteroatoms. The van der Waals surface area contributed by atoms with E-state index in [0.717, 1.165) is 19.4 Å². The summed E-state index contributed by atoms with van der Waals surface area (Å²) >= 11 is 0. The van der Waals surface area contributed by atoms with Gasteiger partial charge in [0.15, 0.2) is 11.6 Å².